The van der Waals surface area contributed by atoms with Crippen molar-refractivity contribution in [2.75, 3.05) is 39.4 Å². The molecule has 0 amide bonds. The molecule has 1 aromatic carbocycles. The lowest BCUT2D eigenvalue weighted by atomic mass is 10.0. The van der Waals surface area contributed by atoms with Crippen LogP contribution < -0.4 is 0 Å². The molecule has 1 atom stereocenters. The highest BCUT2D eigenvalue weighted by molar-refractivity contribution is 5.16. The molecule has 0 spiro atoms. The summed E-state index contributed by atoms with van der Waals surface area (Å²) in [5, 5.41) is 0. The summed E-state index contributed by atoms with van der Waals surface area (Å²) in [4.78, 5) is 5.12. The number of hydrogen-bond acceptors (Lipinski definition) is 3. The molecular weight excluding hydrogens is 303 g/mol. The van der Waals surface area contributed by atoms with E-state index in [9.17, 15) is 4.39 Å². The van der Waals surface area contributed by atoms with E-state index in [-0.39, 0.29) is 5.82 Å². The van der Waals surface area contributed by atoms with Crippen molar-refractivity contribution in [1.82, 2.24) is 9.80 Å². The zero-order valence-corrected chi connectivity index (χ0v) is 15.5. The van der Waals surface area contributed by atoms with Crippen LogP contribution >= 0.6 is 0 Å². The van der Waals surface area contributed by atoms with Gasteiger partial charge >= 0.3 is 0 Å². The Balaban J connectivity index is 1.94. The zero-order chi connectivity index (χ0) is 17.4. The monoisotopic (exact) mass is 336 g/mol. The van der Waals surface area contributed by atoms with Crippen LogP contribution in [0.3, 0.4) is 0 Å². The molecule has 0 aromatic heterocycles. The summed E-state index contributed by atoms with van der Waals surface area (Å²) >= 11 is 0. The van der Waals surface area contributed by atoms with Crippen LogP contribution in [0.4, 0.5) is 4.39 Å². The molecule has 2 rings (SSSR count). The Kier molecular flexibility index (Phi) is 8.16. The van der Waals surface area contributed by atoms with Gasteiger partial charge in [-0.1, -0.05) is 32.9 Å². The number of halogens is 1. The van der Waals surface area contributed by atoms with E-state index in [2.05, 4.69) is 30.6 Å². The molecule has 1 aliphatic heterocycles. The third-order valence-corrected chi connectivity index (χ3v) is 4.80. The van der Waals surface area contributed by atoms with Crippen molar-refractivity contribution >= 4 is 0 Å². The Morgan fingerprint density at radius 1 is 1.17 bits per heavy atom. The lowest BCUT2D eigenvalue weighted by Gasteiger charge is -2.34. The summed E-state index contributed by atoms with van der Waals surface area (Å²) in [6, 6.07) is 7.48. The maximum atomic E-state index is 13.1. The van der Waals surface area contributed by atoms with Crippen LogP contribution in [0.2, 0.25) is 0 Å². The van der Waals surface area contributed by atoms with Crippen LogP contribution in [0.5, 0.6) is 0 Å². The number of nitrogens with zero attached hydrogens (tertiary/aromatic N) is 2. The summed E-state index contributed by atoms with van der Waals surface area (Å²) in [6.45, 7) is 13.7. The van der Waals surface area contributed by atoms with Gasteiger partial charge in [0.1, 0.15) is 5.82 Å². The van der Waals surface area contributed by atoms with Gasteiger partial charge in [0.05, 0.1) is 6.61 Å². The molecule has 1 fully saturated rings. The maximum absolute atomic E-state index is 13.1. The van der Waals surface area contributed by atoms with Crippen molar-refractivity contribution in [2.24, 2.45) is 5.92 Å². The van der Waals surface area contributed by atoms with E-state index < -0.39 is 0 Å². The van der Waals surface area contributed by atoms with Crippen molar-refractivity contribution in [2.45, 2.75) is 46.2 Å². The molecule has 1 aliphatic rings. The molecule has 3 nitrogen and oxygen atoms in total. The lowest BCUT2D eigenvalue weighted by molar-refractivity contribution is 0.0888. The molecule has 1 saturated heterocycles. The van der Waals surface area contributed by atoms with E-state index >= 15 is 0 Å². The first-order chi connectivity index (χ1) is 11.6. The molecule has 4 heteroatoms. The van der Waals surface area contributed by atoms with Crippen molar-refractivity contribution in [3.05, 3.63) is 35.6 Å². The Morgan fingerprint density at radius 2 is 1.92 bits per heavy atom. The predicted octanol–water partition coefficient (Wildman–Crippen LogP) is 3.78. The minimum Gasteiger partial charge on any atom is -0.380 e. The third-order valence-electron chi connectivity index (χ3n) is 4.80. The van der Waals surface area contributed by atoms with Crippen molar-refractivity contribution in [3.8, 4) is 0 Å². The van der Waals surface area contributed by atoms with Crippen LogP contribution in [0.25, 0.3) is 0 Å². The van der Waals surface area contributed by atoms with Crippen LogP contribution in [0.1, 0.15) is 39.2 Å². The highest BCUT2D eigenvalue weighted by Crippen LogP contribution is 2.20. The molecule has 0 aliphatic carbocycles. The van der Waals surface area contributed by atoms with Gasteiger partial charge in [-0.05, 0) is 43.0 Å². The Bertz CT molecular complexity index is 463. The fraction of sp³-hybridized carbons (Fsp3) is 0.700. The average molecular weight is 336 g/mol. The van der Waals surface area contributed by atoms with Gasteiger partial charge in [0.15, 0.2) is 0 Å². The van der Waals surface area contributed by atoms with Gasteiger partial charge in [0.2, 0.25) is 0 Å². The minimum atomic E-state index is -0.159. The van der Waals surface area contributed by atoms with E-state index in [1.165, 1.54) is 12.0 Å². The number of hydrogen-bond donors (Lipinski definition) is 0. The SMILES string of the molecule is CCCOCCN1CCCN(Cc2ccc(F)cc2)[C@H](C(C)C)C1. The zero-order valence-electron chi connectivity index (χ0n) is 15.5. The molecule has 24 heavy (non-hydrogen) atoms. The second-order valence-corrected chi connectivity index (χ2v) is 7.17. The fourth-order valence-corrected chi connectivity index (χ4v) is 3.43. The average Bonchev–Trinajstić information content (AvgIpc) is 2.76. The van der Waals surface area contributed by atoms with Gasteiger partial charge in [-0.25, -0.2) is 4.39 Å². The van der Waals surface area contributed by atoms with Gasteiger partial charge in [0, 0.05) is 38.8 Å². The first-order valence-electron chi connectivity index (χ1n) is 9.38. The van der Waals surface area contributed by atoms with Gasteiger partial charge in [0.25, 0.3) is 0 Å². The summed E-state index contributed by atoms with van der Waals surface area (Å²) in [6.07, 6.45) is 2.26. The molecule has 136 valence electrons. The Morgan fingerprint density at radius 3 is 2.58 bits per heavy atom. The van der Waals surface area contributed by atoms with E-state index in [0.717, 1.165) is 52.4 Å². The van der Waals surface area contributed by atoms with Gasteiger partial charge in [-0.15, -0.1) is 0 Å². The van der Waals surface area contributed by atoms with Gasteiger partial charge in [-0.2, -0.15) is 0 Å². The van der Waals surface area contributed by atoms with Crippen molar-refractivity contribution < 1.29 is 9.13 Å². The predicted molar refractivity (Wildman–Crippen MR) is 97.6 cm³/mol. The quantitative estimate of drug-likeness (QED) is 0.672. The second-order valence-electron chi connectivity index (χ2n) is 7.17. The Labute approximate surface area is 146 Å². The number of benzene rings is 1. The van der Waals surface area contributed by atoms with Crippen LogP contribution in [0.15, 0.2) is 24.3 Å². The summed E-state index contributed by atoms with van der Waals surface area (Å²) < 4.78 is 18.8. The van der Waals surface area contributed by atoms with E-state index in [1.54, 1.807) is 12.1 Å². The molecule has 1 aromatic rings. The largest absolute Gasteiger partial charge is 0.380 e. The lowest BCUT2D eigenvalue weighted by Crippen LogP contribution is -2.44. The molecule has 0 bridgehead atoms. The molecule has 0 unspecified atom stereocenters. The Hall–Kier alpha value is -0.970. The molecule has 0 radical (unpaired) electrons. The second kappa shape index (κ2) is 10.1. The fourth-order valence-electron chi connectivity index (χ4n) is 3.43. The number of ether oxygens (including phenoxy) is 1. The number of rotatable bonds is 8. The van der Waals surface area contributed by atoms with Crippen molar-refractivity contribution in [3.63, 3.8) is 0 Å². The molecular formula is C20H33FN2O. The first kappa shape index (κ1) is 19.4. The van der Waals surface area contributed by atoms with E-state index in [4.69, 9.17) is 4.74 Å². The molecule has 1 heterocycles. The van der Waals surface area contributed by atoms with Crippen LogP contribution in [0, 0.1) is 11.7 Å². The first-order valence-corrected chi connectivity index (χ1v) is 9.38. The maximum Gasteiger partial charge on any atom is 0.123 e. The van der Waals surface area contributed by atoms with Gasteiger partial charge in [-0.3, -0.25) is 9.80 Å². The standard InChI is InChI=1S/C20H33FN2O/c1-4-13-24-14-12-22-10-5-11-23(20(16-22)17(2)3)15-18-6-8-19(21)9-7-18/h6-9,17,20H,4-5,10-16H2,1-3H3/t20-/m0/s1. The van der Waals surface area contributed by atoms with E-state index in [0.29, 0.717) is 12.0 Å². The van der Waals surface area contributed by atoms with Crippen LogP contribution in [-0.2, 0) is 11.3 Å². The highest BCUT2D eigenvalue weighted by atomic mass is 19.1. The summed E-state index contributed by atoms with van der Waals surface area (Å²) in [5.74, 6) is 0.441. The minimum absolute atomic E-state index is 0.159. The molecule has 0 saturated carbocycles. The van der Waals surface area contributed by atoms with Crippen LogP contribution in [-0.4, -0.2) is 55.2 Å². The summed E-state index contributed by atoms with van der Waals surface area (Å²) in [5.41, 5.74) is 1.20. The van der Waals surface area contributed by atoms with Crippen molar-refractivity contribution in [1.29, 1.82) is 0 Å². The summed E-state index contributed by atoms with van der Waals surface area (Å²) in [7, 11) is 0. The third kappa shape index (κ3) is 6.15. The topological polar surface area (TPSA) is 15.7 Å². The smallest absolute Gasteiger partial charge is 0.123 e. The van der Waals surface area contributed by atoms with Gasteiger partial charge < -0.3 is 4.74 Å². The highest BCUT2D eigenvalue weighted by Gasteiger charge is 2.27. The van der Waals surface area contributed by atoms with E-state index in [1.807, 2.05) is 12.1 Å². The molecule has 0 N–H and O–H groups in total. The normalized spacial score (nSPS) is 20.5.